The van der Waals surface area contributed by atoms with Crippen LogP contribution < -0.4 is 5.32 Å². The molecule has 1 aliphatic rings. The second-order valence-corrected chi connectivity index (χ2v) is 5.56. The van der Waals surface area contributed by atoms with Crippen LogP contribution in [0, 0.1) is 12.3 Å². The highest BCUT2D eigenvalue weighted by Crippen LogP contribution is 2.49. The van der Waals surface area contributed by atoms with Crippen LogP contribution in [-0.4, -0.2) is 7.05 Å². The molecule has 0 spiro atoms. The summed E-state index contributed by atoms with van der Waals surface area (Å²) in [7, 11) is 2.11. The van der Waals surface area contributed by atoms with Gasteiger partial charge < -0.3 is 5.32 Å². The topological polar surface area (TPSA) is 12.0 Å². The molecule has 0 radical (unpaired) electrons. The van der Waals surface area contributed by atoms with E-state index in [0.717, 1.165) is 0 Å². The summed E-state index contributed by atoms with van der Waals surface area (Å²) in [6.45, 7) is 4.51. The van der Waals surface area contributed by atoms with Crippen molar-refractivity contribution in [3.05, 3.63) is 35.4 Å². The molecule has 1 aromatic carbocycles. The largest absolute Gasteiger partial charge is 0.313 e. The van der Waals surface area contributed by atoms with Gasteiger partial charge in [-0.15, -0.1) is 0 Å². The van der Waals surface area contributed by atoms with E-state index in [1.165, 1.54) is 43.2 Å². The summed E-state index contributed by atoms with van der Waals surface area (Å²) in [6, 6.07) is 9.59. The number of hydrogen-bond donors (Lipinski definition) is 1. The average Bonchev–Trinajstić information content (AvgIpc) is 2.82. The van der Waals surface area contributed by atoms with Gasteiger partial charge in [-0.05, 0) is 44.2 Å². The smallest absolute Gasteiger partial charge is 0.0374 e. The third-order valence-corrected chi connectivity index (χ3v) is 4.62. The molecular weight excluding hydrogens is 206 g/mol. The SMILES string of the molecule is CCC1(C(NC)c2ccc(C)cc2)CCCC1. The summed E-state index contributed by atoms with van der Waals surface area (Å²) in [4.78, 5) is 0. The lowest BCUT2D eigenvalue weighted by atomic mass is 9.73. The summed E-state index contributed by atoms with van der Waals surface area (Å²) in [5, 5.41) is 3.57. The molecule has 1 saturated carbocycles. The molecule has 1 heteroatoms. The zero-order valence-corrected chi connectivity index (χ0v) is 11.4. The highest BCUT2D eigenvalue weighted by molar-refractivity contribution is 5.26. The van der Waals surface area contributed by atoms with E-state index in [4.69, 9.17) is 0 Å². The van der Waals surface area contributed by atoms with Crippen LogP contribution >= 0.6 is 0 Å². The molecule has 1 nitrogen and oxygen atoms in total. The summed E-state index contributed by atoms with van der Waals surface area (Å²) in [5.41, 5.74) is 3.30. The molecular formula is C16H25N. The van der Waals surface area contributed by atoms with Crippen molar-refractivity contribution in [2.24, 2.45) is 5.41 Å². The minimum absolute atomic E-state index is 0.490. The molecule has 1 N–H and O–H groups in total. The second-order valence-electron chi connectivity index (χ2n) is 5.56. The molecule has 0 amide bonds. The molecule has 17 heavy (non-hydrogen) atoms. The van der Waals surface area contributed by atoms with Crippen LogP contribution in [0.4, 0.5) is 0 Å². The normalized spacial score (nSPS) is 20.4. The summed E-state index contributed by atoms with van der Waals surface area (Å²) in [5.74, 6) is 0. The first-order valence-electron chi connectivity index (χ1n) is 6.96. The summed E-state index contributed by atoms with van der Waals surface area (Å²) < 4.78 is 0. The van der Waals surface area contributed by atoms with Gasteiger partial charge in [0.25, 0.3) is 0 Å². The van der Waals surface area contributed by atoms with Crippen LogP contribution in [0.25, 0.3) is 0 Å². The van der Waals surface area contributed by atoms with E-state index in [1.807, 2.05) is 0 Å². The van der Waals surface area contributed by atoms with Gasteiger partial charge in [-0.1, -0.05) is 49.6 Å². The Morgan fingerprint density at radius 1 is 1.18 bits per heavy atom. The van der Waals surface area contributed by atoms with Crippen LogP contribution in [-0.2, 0) is 0 Å². The minimum Gasteiger partial charge on any atom is -0.313 e. The fourth-order valence-corrected chi connectivity index (χ4v) is 3.51. The molecule has 1 aliphatic carbocycles. The summed E-state index contributed by atoms with van der Waals surface area (Å²) >= 11 is 0. The quantitative estimate of drug-likeness (QED) is 0.818. The van der Waals surface area contributed by atoms with E-state index in [2.05, 4.69) is 50.5 Å². The van der Waals surface area contributed by atoms with E-state index in [9.17, 15) is 0 Å². The number of nitrogens with one attached hydrogen (secondary N) is 1. The minimum atomic E-state index is 0.490. The highest BCUT2D eigenvalue weighted by atomic mass is 14.9. The van der Waals surface area contributed by atoms with Crippen LogP contribution in [0.5, 0.6) is 0 Å². The Morgan fingerprint density at radius 3 is 2.24 bits per heavy atom. The monoisotopic (exact) mass is 231 g/mol. The van der Waals surface area contributed by atoms with Crippen molar-refractivity contribution in [2.45, 2.75) is 52.0 Å². The van der Waals surface area contributed by atoms with Gasteiger partial charge in [0.2, 0.25) is 0 Å². The maximum atomic E-state index is 3.57. The van der Waals surface area contributed by atoms with Crippen LogP contribution in [0.3, 0.4) is 0 Å². The first-order valence-corrected chi connectivity index (χ1v) is 6.96. The molecule has 0 bridgehead atoms. The molecule has 0 heterocycles. The first-order chi connectivity index (χ1) is 8.22. The lowest BCUT2D eigenvalue weighted by Crippen LogP contribution is -2.34. The Kier molecular flexibility index (Phi) is 3.88. The molecule has 1 fully saturated rings. The van der Waals surface area contributed by atoms with Crippen molar-refractivity contribution >= 4 is 0 Å². The molecule has 2 rings (SSSR count). The molecule has 0 saturated heterocycles. The van der Waals surface area contributed by atoms with E-state index in [0.29, 0.717) is 11.5 Å². The average molecular weight is 231 g/mol. The van der Waals surface area contributed by atoms with Gasteiger partial charge in [0, 0.05) is 6.04 Å². The molecule has 1 unspecified atom stereocenters. The van der Waals surface area contributed by atoms with Crippen LogP contribution in [0.2, 0.25) is 0 Å². The predicted octanol–water partition coefficient (Wildman–Crippen LogP) is 4.23. The van der Waals surface area contributed by atoms with Crippen molar-refractivity contribution in [3.8, 4) is 0 Å². The van der Waals surface area contributed by atoms with Gasteiger partial charge in [-0.25, -0.2) is 0 Å². The lowest BCUT2D eigenvalue weighted by molar-refractivity contribution is 0.195. The van der Waals surface area contributed by atoms with Gasteiger partial charge in [-0.2, -0.15) is 0 Å². The predicted molar refractivity (Wildman–Crippen MR) is 74.2 cm³/mol. The molecule has 1 atom stereocenters. The van der Waals surface area contributed by atoms with E-state index in [1.54, 1.807) is 0 Å². The third kappa shape index (κ3) is 2.40. The standard InChI is InChI=1S/C16H25N/c1-4-16(11-5-6-12-16)15(17-3)14-9-7-13(2)8-10-14/h7-10,15,17H,4-6,11-12H2,1-3H3. The number of benzene rings is 1. The molecule has 0 aromatic heterocycles. The van der Waals surface area contributed by atoms with Gasteiger partial charge >= 0.3 is 0 Å². The van der Waals surface area contributed by atoms with Crippen LogP contribution in [0.15, 0.2) is 24.3 Å². The Hall–Kier alpha value is -0.820. The van der Waals surface area contributed by atoms with Crippen molar-refractivity contribution in [1.82, 2.24) is 5.32 Å². The third-order valence-electron chi connectivity index (χ3n) is 4.62. The maximum absolute atomic E-state index is 3.57. The number of aryl methyl sites for hydroxylation is 1. The Balaban J connectivity index is 2.28. The van der Waals surface area contributed by atoms with Crippen molar-refractivity contribution in [1.29, 1.82) is 0 Å². The number of hydrogen-bond acceptors (Lipinski definition) is 1. The highest BCUT2D eigenvalue weighted by Gasteiger charge is 2.39. The number of rotatable bonds is 4. The van der Waals surface area contributed by atoms with Gasteiger partial charge in [0.05, 0.1) is 0 Å². The van der Waals surface area contributed by atoms with Gasteiger partial charge in [0.1, 0.15) is 0 Å². The fraction of sp³-hybridized carbons (Fsp3) is 0.625. The Morgan fingerprint density at radius 2 is 1.76 bits per heavy atom. The Bertz CT molecular complexity index is 346. The van der Waals surface area contributed by atoms with Gasteiger partial charge in [-0.3, -0.25) is 0 Å². The van der Waals surface area contributed by atoms with E-state index >= 15 is 0 Å². The lowest BCUT2D eigenvalue weighted by Gasteiger charge is -2.37. The second kappa shape index (κ2) is 5.22. The van der Waals surface area contributed by atoms with E-state index in [-0.39, 0.29) is 0 Å². The van der Waals surface area contributed by atoms with Crippen LogP contribution in [0.1, 0.15) is 56.2 Å². The van der Waals surface area contributed by atoms with Crippen molar-refractivity contribution in [3.63, 3.8) is 0 Å². The fourth-order valence-electron chi connectivity index (χ4n) is 3.51. The zero-order valence-electron chi connectivity index (χ0n) is 11.4. The molecule has 0 aliphatic heterocycles. The maximum Gasteiger partial charge on any atom is 0.0374 e. The van der Waals surface area contributed by atoms with E-state index < -0.39 is 0 Å². The van der Waals surface area contributed by atoms with Crippen molar-refractivity contribution < 1.29 is 0 Å². The zero-order chi connectivity index (χ0) is 12.3. The molecule has 94 valence electrons. The Labute approximate surface area is 106 Å². The first kappa shape index (κ1) is 12.6. The van der Waals surface area contributed by atoms with Gasteiger partial charge in [0.15, 0.2) is 0 Å². The summed E-state index contributed by atoms with van der Waals surface area (Å²) in [6.07, 6.45) is 6.84. The van der Waals surface area contributed by atoms with Crippen molar-refractivity contribution in [2.75, 3.05) is 7.05 Å². The molecule has 1 aromatic rings.